The Labute approximate surface area is 90.3 Å². The molecule has 0 aromatic rings. The van der Waals surface area contributed by atoms with E-state index >= 15 is 0 Å². The Morgan fingerprint density at radius 2 is 2.43 bits per heavy atom. The molecule has 0 aromatic heterocycles. The van der Waals surface area contributed by atoms with Gasteiger partial charge in [-0.2, -0.15) is 0 Å². The van der Waals surface area contributed by atoms with Crippen LogP contribution in [0.3, 0.4) is 0 Å². The molecule has 4 heteroatoms. The number of likely N-dealkylation sites (tertiary alicyclic amines) is 1. The van der Waals surface area contributed by atoms with Crippen LogP contribution in [0.15, 0.2) is 4.99 Å². The number of likely N-dealkylation sites (N-methyl/N-ethyl adjacent to an activating group) is 1. The maximum absolute atomic E-state index is 4.50. The first kappa shape index (κ1) is 10.3. The number of aliphatic imine (C=N–C) groups is 1. The van der Waals surface area contributed by atoms with E-state index in [1.165, 1.54) is 43.3 Å². The summed E-state index contributed by atoms with van der Waals surface area (Å²) < 4.78 is 0. The predicted octanol–water partition coefficient (Wildman–Crippen LogP) is 1.16. The van der Waals surface area contributed by atoms with Gasteiger partial charge in [0, 0.05) is 24.9 Å². The van der Waals surface area contributed by atoms with Crippen LogP contribution in [0.1, 0.15) is 19.3 Å². The highest BCUT2D eigenvalue weighted by Crippen LogP contribution is 2.14. The van der Waals surface area contributed by atoms with Gasteiger partial charge in [-0.15, -0.1) is 0 Å². The largest absolute Gasteiger partial charge is 0.361 e. The molecule has 1 N–H and O–H groups in total. The molecule has 2 heterocycles. The van der Waals surface area contributed by atoms with Crippen molar-refractivity contribution in [1.82, 2.24) is 10.2 Å². The van der Waals surface area contributed by atoms with Crippen molar-refractivity contribution in [3.05, 3.63) is 0 Å². The maximum Gasteiger partial charge on any atom is 0.156 e. The molecular weight excluding hydrogens is 194 g/mol. The number of nitrogens with one attached hydrogen (secondary N) is 1. The zero-order chi connectivity index (χ0) is 9.80. The summed E-state index contributed by atoms with van der Waals surface area (Å²) in [6.45, 7) is 3.43. The van der Waals surface area contributed by atoms with Gasteiger partial charge in [0.15, 0.2) is 5.17 Å². The van der Waals surface area contributed by atoms with E-state index in [1.807, 2.05) is 11.8 Å². The summed E-state index contributed by atoms with van der Waals surface area (Å²) in [6, 6.07) is 0.623. The Morgan fingerprint density at radius 3 is 3.14 bits per heavy atom. The molecule has 1 atom stereocenters. The first-order chi connectivity index (χ1) is 6.84. The molecule has 2 aliphatic heterocycles. The molecule has 1 saturated heterocycles. The number of rotatable bonds is 1. The van der Waals surface area contributed by atoms with Gasteiger partial charge in [-0.25, -0.2) is 0 Å². The minimum absolute atomic E-state index is 0.623. The summed E-state index contributed by atoms with van der Waals surface area (Å²) in [4.78, 5) is 6.90. The number of piperidine rings is 1. The minimum Gasteiger partial charge on any atom is -0.361 e. The smallest absolute Gasteiger partial charge is 0.156 e. The summed E-state index contributed by atoms with van der Waals surface area (Å²) in [5.41, 5.74) is 0. The molecule has 0 aromatic carbocycles. The molecule has 2 aliphatic rings. The highest BCUT2D eigenvalue weighted by atomic mass is 32.2. The highest BCUT2D eigenvalue weighted by molar-refractivity contribution is 8.13. The number of hydrogen-bond acceptors (Lipinski definition) is 4. The fourth-order valence-corrected chi connectivity index (χ4v) is 2.91. The van der Waals surface area contributed by atoms with E-state index in [1.54, 1.807) is 0 Å². The Morgan fingerprint density at radius 1 is 1.50 bits per heavy atom. The van der Waals surface area contributed by atoms with Crippen molar-refractivity contribution in [3.8, 4) is 0 Å². The molecule has 80 valence electrons. The standard InChI is InChI=1S/C10H19N3S/c1-13-6-2-4-9(8-13)12-10-11-5-3-7-14-10/h9H,2-8H2,1H3,(H,11,12). The van der Waals surface area contributed by atoms with E-state index in [0.717, 1.165) is 6.54 Å². The summed E-state index contributed by atoms with van der Waals surface area (Å²) in [6.07, 6.45) is 3.84. The third-order valence-electron chi connectivity index (χ3n) is 2.75. The van der Waals surface area contributed by atoms with Crippen LogP contribution >= 0.6 is 11.8 Å². The van der Waals surface area contributed by atoms with Gasteiger partial charge in [-0.05, 0) is 32.9 Å². The third-order valence-corrected chi connectivity index (χ3v) is 3.76. The maximum atomic E-state index is 4.50. The lowest BCUT2D eigenvalue weighted by molar-refractivity contribution is 0.241. The van der Waals surface area contributed by atoms with Crippen molar-refractivity contribution >= 4 is 16.9 Å². The van der Waals surface area contributed by atoms with Crippen molar-refractivity contribution in [2.24, 2.45) is 4.99 Å². The van der Waals surface area contributed by atoms with E-state index in [2.05, 4.69) is 22.3 Å². The number of thioether (sulfide) groups is 1. The van der Waals surface area contributed by atoms with Gasteiger partial charge in [0.25, 0.3) is 0 Å². The molecule has 0 spiro atoms. The lowest BCUT2D eigenvalue weighted by Crippen LogP contribution is -2.46. The molecule has 3 nitrogen and oxygen atoms in total. The van der Waals surface area contributed by atoms with Gasteiger partial charge in [0.2, 0.25) is 0 Å². The van der Waals surface area contributed by atoms with E-state index < -0.39 is 0 Å². The van der Waals surface area contributed by atoms with Gasteiger partial charge in [-0.3, -0.25) is 4.99 Å². The summed E-state index contributed by atoms with van der Waals surface area (Å²) in [5.74, 6) is 1.23. The van der Waals surface area contributed by atoms with Gasteiger partial charge in [0.1, 0.15) is 0 Å². The van der Waals surface area contributed by atoms with Crippen molar-refractivity contribution in [3.63, 3.8) is 0 Å². The fraction of sp³-hybridized carbons (Fsp3) is 0.900. The van der Waals surface area contributed by atoms with Crippen molar-refractivity contribution in [2.45, 2.75) is 25.3 Å². The molecular formula is C10H19N3S. The van der Waals surface area contributed by atoms with E-state index in [-0.39, 0.29) is 0 Å². The van der Waals surface area contributed by atoms with Gasteiger partial charge < -0.3 is 10.2 Å². The first-order valence-corrected chi connectivity index (χ1v) is 6.45. The van der Waals surface area contributed by atoms with Crippen molar-refractivity contribution in [2.75, 3.05) is 32.4 Å². The molecule has 2 rings (SSSR count). The minimum atomic E-state index is 0.623. The van der Waals surface area contributed by atoms with Gasteiger partial charge >= 0.3 is 0 Å². The summed E-state index contributed by atoms with van der Waals surface area (Å²) in [5, 5.41) is 4.74. The molecule has 0 saturated carbocycles. The predicted molar refractivity (Wildman–Crippen MR) is 63.0 cm³/mol. The average molecular weight is 213 g/mol. The molecule has 0 radical (unpaired) electrons. The van der Waals surface area contributed by atoms with Crippen LogP contribution in [0.5, 0.6) is 0 Å². The average Bonchev–Trinajstić information content (AvgIpc) is 2.19. The summed E-state index contributed by atoms with van der Waals surface area (Å²) >= 11 is 1.88. The molecule has 0 amide bonds. The molecule has 0 bridgehead atoms. The van der Waals surface area contributed by atoms with E-state index in [9.17, 15) is 0 Å². The first-order valence-electron chi connectivity index (χ1n) is 5.47. The normalized spacial score (nSPS) is 29.8. The van der Waals surface area contributed by atoms with Crippen molar-refractivity contribution in [1.29, 1.82) is 0 Å². The number of amidine groups is 1. The number of nitrogens with zero attached hydrogens (tertiary/aromatic N) is 2. The monoisotopic (exact) mass is 213 g/mol. The second kappa shape index (κ2) is 5.03. The van der Waals surface area contributed by atoms with Crippen LogP contribution < -0.4 is 5.32 Å². The summed E-state index contributed by atoms with van der Waals surface area (Å²) in [7, 11) is 2.20. The molecule has 14 heavy (non-hydrogen) atoms. The lowest BCUT2D eigenvalue weighted by atomic mass is 10.1. The second-order valence-corrected chi connectivity index (χ2v) is 5.22. The lowest BCUT2D eigenvalue weighted by Gasteiger charge is -2.31. The zero-order valence-electron chi connectivity index (χ0n) is 8.83. The zero-order valence-corrected chi connectivity index (χ0v) is 9.65. The van der Waals surface area contributed by atoms with Crippen LogP contribution in [-0.2, 0) is 0 Å². The Hall–Kier alpha value is -0.220. The van der Waals surface area contributed by atoms with Crippen LogP contribution in [0, 0.1) is 0 Å². The van der Waals surface area contributed by atoms with Gasteiger partial charge in [0.05, 0.1) is 0 Å². The Bertz CT molecular complexity index is 217. The van der Waals surface area contributed by atoms with Gasteiger partial charge in [-0.1, -0.05) is 11.8 Å². The third kappa shape index (κ3) is 2.89. The molecule has 1 unspecified atom stereocenters. The Balaban J connectivity index is 1.80. The SMILES string of the molecule is CN1CCCC(NC2=NCCCS2)C1. The molecule has 1 fully saturated rings. The van der Waals surface area contributed by atoms with Crippen LogP contribution in [0.2, 0.25) is 0 Å². The van der Waals surface area contributed by atoms with Crippen molar-refractivity contribution < 1.29 is 0 Å². The topological polar surface area (TPSA) is 27.6 Å². The van der Waals surface area contributed by atoms with Crippen LogP contribution in [0.25, 0.3) is 0 Å². The second-order valence-electron chi connectivity index (χ2n) is 4.13. The number of hydrogen-bond donors (Lipinski definition) is 1. The highest BCUT2D eigenvalue weighted by Gasteiger charge is 2.18. The molecule has 0 aliphatic carbocycles. The van der Waals surface area contributed by atoms with Crippen LogP contribution in [-0.4, -0.2) is 48.5 Å². The fourth-order valence-electron chi connectivity index (χ4n) is 2.01. The Kier molecular flexibility index (Phi) is 3.70. The van der Waals surface area contributed by atoms with Crippen LogP contribution in [0.4, 0.5) is 0 Å². The quantitative estimate of drug-likeness (QED) is 0.708. The van der Waals surface area contributed by atoms with E-state index in [4.69, 9.17) is 0 Å². The van der Waals surface area contributed by atoms with E-state index in [0.29, 0.717) is 6.04 Å².